The molecule has 0 aliphatic carbocycles. The summed E-state index contributed by atoms with van der Waals surface area (Å²) >= 11 is 1.61. The van der Waals surface area contributed by atoms with E-state index in [4.69, 9.17) is 0 Å². The Kier molecular flexibility index (Phi) is 5.50. The maximum atomic E-state index is 12.3. The summed E-state index contributed by atoms with van der Waals surface area (Å²) in [6.45, 7) is 6.92. The van der Waals surface area contributed by atoms with Crippen molar-refractivity contribution < 1.29 is 4.79 Å². The molecule has 0 atom stereocenters. The number of hydrogen-bond donors (Lipinski definition) is 0. The molecule has 6 nitrogen and oxygen atoms in total. The third-order valence-electron chi connectivity index (χ3n) is 3.96. The predicted molar refractivity (Wildman–Crippen MR) is 93.8 cm³/mol. The number of rotatable bonds is 6. The quantitative estimate of drug-likeness (QED) is 0.753. The first-order chi connectivity index (χ1) is 11.6. The van der Waals surface area contributed by atoms with Gasteiger partial charge in [-0.15, -0.1) is 0 Å². The molecule has 1 amide bonds. The van der Waals surface area contributed by atoms with Crippen LogP contribution in [0.1, 0.15) is 42.9 Å². The van der Waals surface area contributed by atoms with Gasteiger partial charge in [0.2, 0.25) is 0 Å². The summed E-state index contributed by atoms with van der Waals surface area (Å²) < 4.78 is 1.95. The number of thioether (sulfide) groups is 1. The van der Waals surface area contributed by atoms with Gasteiger partial charge in [0.25, 0.3) is 5.91 Å². The first-order valence-electron chi connectivity index (χ1n) is 8.38. The molecule has 0 N–H and O–H groups in total. The molecule has 0 aromatic carbocycles. The van der Waals surface area contributed by atoms with Gasteiger partial charge in [-0.25, -0.2) is 14.6 Å². The van der Waals surface area contributed by atoms with E-state index < -0.39 is 0 Å². The number of aromatic nitrogens is 4. The molecule has 3 rings (SSSR count). The van der Waals surface area contributed by atoms with Gasteiger partial charge in [-0.3, -0.25) is 4.79 Å². The van der Waals surface area contributed by atoms with Crippen LogP contribution in [0.2, 0.25) is 0 Å². The molecule has 7 heteroatoms. The van der Waals surface area contributed by atoms with Gasteiger partial charge in [-0.1, -0.05) is 25.6 Å². The molecule has 0 bridgehead atoms. The zero-order valence-electron chi connectivity index (χ0n) is 14.2. The van der Waals surface area contributed by atoms with E-state index in [0.717, 1.165) is 49.1 Å². The standard InChI is InChI=1S/C17H23N5OS/c1-13(2)10-22-15(19-12-20-22)11-24-16-6-5-14(9-18-16)17(23)21-7-3-4-8-21/h5-6,9,12-13H,3-4,7-8,10-11H2,1-2H3. The van der Waals surface area contributed by atoms with Crippen molar-refractivity contribution in [3.63, 3.8) is 0 Å². The third-order valence-corrected chi connectivity index (χ3v) is 4.90. The lowest BCUT2D eigenvalue weighted by molar-refractivity contribution is 0.0792. The fraction of sp³-hybridized carbons (Fsp3) is 0.529. The first kappa shape index (κ1) is 17.0. The summed E-state index contributed by atoms with van der Waals surface area (Å²) in [4.78, 5) is 23.0. The van der Waals surface area contributed by atoms with Crippen molar-refractivity contribution in [1.82, 2.24) is 24.6 Å². The normalized spacial score (nSPS) is 14.5. The number of nitrogens with zero attached hydrogens (tertiary/aromatic N) is 5. The highest BCUT2D eigenvalue weighted by Crippen LogP contribution is 2.21. The van der Waals surface area contributed by atoms with Gasteiger partial charge in [-0.05, 0) is 30.9 Å². The second-order valence-electron chi connectivity index (χ2n) is 6.43. The highest BCUT2D eigenvalue weighted by molar-refractivity contribution is 7.98. The summed E-state index contributed by atoms with van der Waals surface area (Å²) in [5, 5.41) is 5.17. The van der Waals surface area contributed by atoms with Crippen molar-refractivity contribution in [3.8, 4) is 0 Å². The summed E-state index contributed by atoms with van der Waals surface area (Å²) in [5.41, 5.74) is 0.671. The monoisotopic (exact) mass is 345 g/mol. The Balaban J connectivity index is 1.58. The van der Waals surface area contributed by atoms with Crippen LogP contribution in [0.5, 0.6) is 0 Å². The zero-order chi connectivity index (χ0) is 16.9. The number of amides is 1. The molecular formula is C17H23N5OS. The highest BCUT2D eigenvalue weighted by atomic mass is 32.2. The maximum absolute atomic E-state index is 12.3. The lowest BCUT2D eigenvalue weighted by Crippen LogP contribution is -2.27. The topological polar surface area (TPSA) is 63.9 Å². The maximum Gasteiger partial charge on any atom is 0.255 e. The van der Waals surface area contributed by atoms with Crippen LogP contribution in [-0.2, 0) is 12.3 Å². The number of carbonyl (C=O) groups excluding carboxylic acids is 1. The summed E-state index contributed by atoms with van der Waals surface area (Å²) in [6.07, 6.45) is 5.49. The lowest BCUT2D eigenvalue weighted by atomic mass is 10.2. The van der Waals surface area contributed by atoms with E-state index in [1.807, 2.05) is 21.7 Å². The molecule has 1 fully saturated rings. The molecule has 0 spiro atoms. The van der Waals surface area contributed by atoms with Crippen LogP contribution in [-0.4, -0.2) is 43.6 Å². The van der Waals surface area contributed by atoms with Gasteiger partial charge >= 0.3 is 0 Å². The fourth-order valence-corrected chi connectivity index (χ4v) is 3.52. The van der Waals surface area contributed by atoms with Crippen LogP contribution in [0.25, 0.3) is 0 Å². The van der Waals surface area contributed by atoms with E-state index in [-0.39, 0.29) is 5.91 Å². The molecule has 2 aromatic rings. The molecule has 1 aliphatic rings. The Morgan fingerprint density at radius 3 is 2.71 bits per heavy atom. The van der Waals surface area contributed by atoms with Gasteiger partial charge in [0, 0.05) is 25.8 Å². The average molecular weight is 345 g/mol. The summed E-state index contributed by atoms with van der Waals surface area (Å²) in [6, 6.07) is 3.78. The van der Waals surface area contributed by atoms with Crippen LogP contribution >= 0.6 is 11.8 Å². The van der Waals surface area contributed by atoms with Crippen molar-refractivity contribution in [2.24, 2.45) is 5.92 Å². The number of likely N-dealkylation sites (tertiary alicyclic amines) is 1. The summed E-state index contributed by atoms with van der Waals surface area (Å²) in [5.74, 6) is 2.30. The second kappa shape index (κ2) is 7.79. The second-order valence-corrected chi connectivity index (χ2v) is 7.42. The first-order valence-corrected chi connectivity index (χ1v) is 9.37. The van der Waals surface area contributed by atoms with E-state index in [1.54, 1.807) is 24.3 Å². The Labute approximate surface area is 146 Å². The molecular weight excluding hydrogens is 322 g/mol. The Morgan fingerprint density at radius 2 is 2.04 bits per heavy atom. The zero-order valence-corrected chi connectivity index (χ0v) is 15.0. The molecule has 3 heterocycles. The fourth-order valence-electron chi connectivity index (χ4n) is 2.73. The largest absolute Gasteiger partial charge is 0.339 e. The Morgan fingerprint density at radius 1 is 1.25 bits per heavy atom. The summed E-state index contributed by atoms with van der Waals surface area (Å²) in [7, 11) is 0. The lowest BCUT2D eigenvalue weighted by Gasteiger charge is -2.14. The molecule has 0 radical (unpaired) electrons. The molecule has 2 aromatic heterocycles. The predicted octanol–water partition coefficient (Wildman–Crippen LogP) is 2.86. The number of carbonyl (C=O) groups is 1. The van der Waals surface area contributed by atoms with E-state index in [9.17, 15) is 4.79 Å². The van der Waals surface area contributed by atoms with E-state index >= 15 is 0 Å². The van der Waals surface area contributed by atoms with Gasteiger partial charge in [0.05, 0.1) is 16.3 Å². The molecule has 0 saturated carbocycles. The highest BCUT2D eigenvalue weighted by Gasteiger charge is 2.19. The van der Waals surface area contributed by atoms with Crippen molar-refractivity contribution in [2.45, 2.75) is 44.0 Å². The van der Waals surface area contributed by atoms with Gasteiger partial charge in [-0.2, -0.15) is 5.10 Å². The van der Waals surface area contributed by atoms with E-state index in [2.05, 4.69) is 28.9 Å². The van der Waals surface area contributed by atoms with Crippen LogP contribution in [0.4, 0.5) is 0 Å². The van der Waals surface area contributed by atoms with Crippen LogP contribution in [0.3, 0.4) is 0 Å². The van der Waals surface area contributed by atoms with Gasteiger partial charge in [0.15, 0.2) is 0 Å². The molecule has 0 unspecified atom stereocenters. The number of hydrogen-bond acceptors (Lipinski definition) is 5. The minimum Gasteiger partial charge on any atom is -0.339 e. The van der Waals surface area contributed by atoms with E-state index in [1.165, 1.54) is 0 Å². The van der Waals surface area contributed by atoms with Crippen molar-refractivity contribution >= 4 is 17.7 Å². The van der Waals surface area contributed by atoms with Crippen molar-refractivity contribution in [1.29, 1.82) is 0 Å². The minimum atomic E-state index is 0.0910. The van der Waals surface area contributed by atoms with Crippen LogP contribution in [0, 0.1) is 5.92 Å². The molecule has 1 aliphatic heterocycles. The van der Waals surface area contributed by atoms with Gasteiger partial charge < -0.3 is 4.90 Å². The van der Waals surface area contributed by atoms with Gasteiger partial charge in [0.1, 0.15) is 12.2 Å². The van der Waals surface area contributed by atoms with Crippen LogP contribution < -0.4 is 0 Å². The number of pyridine rings is 1. The Hall–Kier alpha value is -1.89. The molecule has 24 heavy (non-hydrogen) atoms. The van der Waals surface area contributed by atoms with Crippen molar-refractivity contribution in [3.05, 3.63) is 36.0 Å². The molecule has 128 valence electrons. The molecule has 1 saturated heterocycles. The average Bonchev–Trinajstić information content (AvgIpc) is 3.24. The SMILES string of the molecule is CC(C)Cn1ncnc1CSc1ccc(C(=O)N2CCCC2)cn1. The third kappa shape index (κ3) is 4.14. The minimum absolute atomic E-state index is 0.0910. The Bertz CT molecular complexity index is 677. The van der Waals surface area contributed by atoms with Crippen LogP contribution in [0.15, 0.2) is 29.7 Å². The van der Waals surface area contributed by atoms with E-state index in [0.29, 0.717) is 11.5 Å². The smallest absolute Gasteiger partial charge is 0.255 e. The van der Waals surface area contributed by atoms with Crippen molar-refractivity contribution in [2.75, 3.05) is 13.1 Å².